The highest BCUT2D eigenvalue weighted by Crippen LogP contribution is 2.27. The van der Waals surface area contributed by atoms with Crippen molar-refractivity contribution in [2.45, 2.75) is 45.6 Å². The van der Waals surface area contributed by atoms with Crippen LogP contribution in [-0.2, 0) is 0 Å². The lowest BCUT2D eigenvalue weighted by Crippen LogP contribution is -2.05. The molecule has 4 heteroatoms. The summed E-state index contributed by atoms with van der Waals surface area (Å²) >= 11 is 0. The molecule has 0 bridgehead atoms. The van der Waals surface area contributed by atoms with Crippen LogP contribution < -0.4 is 0 Å². The van der Waals surface area contributed by atoms with Gasteiger partial charge in [0.1, 0.15) is 5.65 Å². The van der Waals surface area contributed by atoms with Crippen molar-refractivity contribution in [3.05, 3.63) is 36.9 Å². The van der Waals surface area contributed by atoms with Gasteiger partial charge in [0.2, 0.25) is 0 Å². The number of nitrogens with one attached hydrogen (secondary N) is 1. The predicted molar refractivity (Wildman–Crippen MR) is 86.2 cm³/mol. The topological polar surface area (TPSA) is 46.5 Å². The van der Waals surface area contributed by atoms with Crippen molar-refractivity contribution in [2.24, 2.45) is 0 Å². The summed E-state index contributed by atoms with van der Waals surface area (Å²) in [6, 6.07) is 4.58. The number of hydrogen-bond donors (Lipinski definition) is 1. The lowest BCUT2D eigenvalue weighted by molar-refractivity contribution is 0.438. The number of H-pyrrole nitrogens is 1. The zero-order valence-corrected chi connectivity index (χ0v) is 12.7. The van der Waals surface area contributed by atoms with Crippen LogP contribution in [0, 0.1) is 0 Å². The average Bonchev–Trinajstić information content (AvgIpc) is 3.16. The summed E-state index contributed by atoms with van der Waals surface area (Å²) in [6.07, 6.45) is 12.9. The fraction of sp³-hybridized carbons (Fsp3) is 0.412. The van der Waals surface area contributed by atoms with E-state index in [0.29, 0.717) is 6.04 Å². The van der Waals surface area contributed by atoms with Gasteiger partial charge in [0, 0.05) is 35.6 Å². The largest absolute Gasteiger partial charge is 0.346 e. The summed E-state index contributed by atoms with van der Waals surface area (Å²) in [7, 11) is 0. The molecule has 21 heavy (non-hydrogen) atoms. The van der Waals surface area contributed by atoms with Crippen molar-refractivity contribution in [3.63, 3.8) is 0 Å². The van der Waals surface area contributed by atoms with Crippen molar-refractivity contribution in [3.8, 4) is 11.1 Å². The Hall–Kier alpha value is -2.10. The molecule has 3 heterocycles. The molecule has 0 aliphatic rings. The quantitative estimate of drug-likeness (QED) is 0.673. The normalized spacial score (nSPS) is 12.9. The van der Waals surface area contributed by atoms with Crippen LogP contribution in [0.5, 0.6) is 0 Å². The minimum Gasteiger partial charge on any atom is -0.346 e. The molecule has 0 aromatic carbocycles. The minimum absolute atomic E-state index is 0.453. The molecule has 4 nitrogen and oxygen atoms in total. The van der Waals surface area contributed by atoms with Gasteiger partial charge >= 0.3 is 0 Å². The standard InChI is InChI=1S/C17H22N4/c1-3-4-5-6-13(2)21-12-14(11-20-21)15-7-9-18-17-16(15)8-10-19-17/h7-13H,3-6H2,1-2H3,(H,18,19). The second kappa shape index (κ2) is 6.12. The Morgan fingerprint density at radius 2 is 2.19 bits per heavy atom. The first-order valence-electron chi connectivity index (χ1n) is 7.76. The van der Waals surface area contributed by atoms with E-state index >= 15 is 0 Å². The molecule has 0 fully saturated rings. The lowest BCUT2D eigenvalue weighted by Gasteiger charge is -2.11. The maximum atomic E-state index is 4.55. The van der Waals surface area contributed by atoms with E-state index in [1.54, 1.807) is 0 Å². The van der Waals surface area contributed by atoms with E-state index in [9.17, 15) is 0 Å². The SMILES string of the molecule is CCCCCC(C)n1cc(-c2ccnc3[nH]ccc23)cn1. The number of pyridine rings is 1. The van der Waals surface area contributed by atoms with Gasteiger partial charge in [-0.3, -0.25) is 4.68 Å². The summed E-state index contributed by atoms with van der Waals surface area (Å²) in [5.74, 6) is 0. The van der Waals surface area contributed by atoms with Gasteiger partial charge in [-0.2, -0.15) is 5.10 Å². The van der Waals surface area contributed by atoms with Crippen molar-refractivity contribution in [1.29, 1.82) is 0 Å². The molecule has 0 aliphatic carbocycles. The van der Waals surface area contributed by atoms with Crippen molar-refractivity contribution < 1.29 is 0 Å². The molecule has 3 rings (SSSR count). The van der Waals surface area contributed by atoms with Gasteiger partial charge in [0.15, 0.2) is 0 Å². The highest BCUT2D eigenvalue weighted by atomic mass is 15.3. The molecule has 1 N–H and O–H groups in total. The third-order valence-electron chi connectivity index (χ3n) is 4.05. The molecule has 0 saturated carbocycles. The number of hydrogen-bond acceptors (Lipinski definition) is 2. The van der Waals surface area contributed by atoms with Gasteiger partial charge in [0.05, 0.1) is 6.20 Å². The molecular weight excluding hydrogens is 260 g/mol. The Morgan fingerprint density at radius 1 is 1.29 bits per heavy atom. The fourth-order valence-electron chi connectivity index (χ4n) is 2.75. The van der Waals surface area contributed by atoms with E-state index in [1.807, 2.05) is 18.6 Å². The van der Waals surface area contributed by atoms with E-state index in [-0.39, 0.29) is 0 Å². The molecule has 0 spiro atoms. The second-order valence-electron chi connectivity index (χ2n) is 5.65. The Balaban J connectivity index is 1.83. The Labute approximate surface area is 125 Å². The van der Waals surface area contributed by atoms with Gasteiger partial charge in [-0.25, -0.2) is 4.98 Å². The van der Waals surface area contributed by atoms with Crippen molar-refractivity contribution in [2.75, 3.05) is 0 Å². The zero-order valence-electron chi connectivity index (χ0n) is 12.7. The van der Waals surface area contributed by atoms with Crippen LogP contribution in [0.4, 0.5) is 0 Å². The van der Waals surface area contributed by atoms with Crippen LogP contribution in [0.3, 0.4) is 0 Å². The number of fused-ring (bicyclic) bond motifs is 1. The Bertz CT molecular complexity index is 710. The lowest BCUT2D eigenvalue weighted by atomic mass is 10.1. The van der Waals surface area contributed by atoms with Crippen LogP contribution in [0.1, 0.15) is 45.6 Å². The van der Waals surface area contributed by atoms with Gasteiger partial charge in [-0.05, 0) is 31.0 Å². The first-order valence-corrected chi connectivity index (χ1v) is 7.76. The highest BCUT2D eigenvalue weighted by Gasteiger charge is 2.10. The molecule has 0 aliphatic heterocycles. The summed E-state index contributed by atoms with van der Waals surface area (Å²) in [6.45, 7) is 4.48. The number of aromatic nitrogens is 4. The molecule has 3 aromatic rings. The Kier molecular flexibility index (Phi) is 4.04. The van der Waals surface area contributed by atoms with E-state index < -0.39 is 0 Å². The van der Waals surface area contributed by atoms with Crippen molar-refractivity contribution in [1.82, 2.24) is 19.7 Å². The van der Waals surface area contributed by atoms with Gasteiger partial charge in [-0.15, -0.1) is 0 Å². The molecular formula is C17H22N4. The van der Waals surface area contributed by atoms with Crippen LogP contribution >= 0.6 is 0 Å². The second-order valence-corrected chi connectivity index (χ2v) is 5.65. The van der Waals surface area contributed by atoms with E-state index in [2.05, 4.69) is 51.9 Å². The van der Waals surface area contributed by atoms with Gasteiger partial charge in [-0.1, -0.05) is 26.2 Å². The fourth-order valence-corrected chi connectivity index (χ4v) is 2.75. The molecule has 0 radical (unpaired) electrons. The molecule has 1 atom stereocenters. The summed E-state index contributed by atoms with van der Waals surface area (Å²) < 4.78 is 2.09. The van der Waals surface area contributed by atoms with E-state index in [4.69, 9.17) is 0 Å². The molecule has 1 unspecified atom stereocenters. The summed E-state index contributed by atoms with van der Waals surface area (Å²) in [4.78, 5) is 7.49. The predicted octanol–water partition coefficient (Wildman–Crippen LogP) is 4.57. The van der Waals surface area contributed by atoms with Crippen LogP contribution in [0.25, 0.3) is 22.2 Å². The maximum absolute atomic E-state index is 4.55. The number of unbranched alkanes of at least 4 members (excludes halogenated alkanes) is 2. The van der Waals surface area contributed by atoms with Crippen LogP contribution in [0.15, 0.2) is 36.9 Å². The van der Waals surface area contributed by atoms with Crippen LogP contribution in [0.2, 0.25) is 0 Å². The zero-order chi connectivity index (χ0) is 14.7. The molecule has 0 amide bonds. The first kappa shape index (κ1) is 13.9. The highest BCUT2D eigenvalue weighted by molar-refractivity contribution is 5.92. The first-order chi connectivity index (χ1) is 10.3. The smallest absolute Gasteiger partial charge is 0.137 e. The molecule has 3 aromatic heterocycles. The van der Waals surface area contributed by atoms with E-state index in [0.717, 1.165) is 16.6 Å². The third-order valence-corrected chi connectivity index (χ3v) is 4.05. The maximum Gasteiger partial charge on any atom is 0.137 e. The van der Waals surface area contributed by atoms with Crippen molar-refractivity contribution >= 4 is 11.0 Å². The monoisotopic (exact) mass is 282 g/mol. The number of rotatable bonds is 6. The van der Waals surface area contributed by atoms with Gasteiger partial charge in [0.25, 0.3) is 0 Å². The molecule has 0 saturated heterocycles. The minimum atomic E-state index is 0.453. The Morgan fingerprint density at radius 3 is 3.05 bits per heavy atom. The van der Waals surface area contributed by atoms with Crippen LogP contribution in [-0.4, -0.2) is 19.7 Å². The average molecular weight is 282 g/mol. The van der Waals surface area contributed by atoms with Gasteiger partial charge < -0.3 is 4.98 Å². The molecule has 110 valence electrons. The summed E-state index contributed by atoms with van der Waals surface area (Å²) in [5, 5.41) is 5.70. The number of nitrogens with zero attached hydrogens (tertiary/aromatic N) is 3. The van der Waals surface area contributed by atoms with E-state index in [1.165, 1.54) is 31.2 Å². The summed E-state index contributed by atoms with van der Waals surface area (Å²) in [5.41, 5.74) is 3.27. The number of aromatic amines is 1. The third kappa shape index (κ3) is 2.84.